The smallest absolute Gasteiger partial charge is 0.126 e. The molecule has 2 aromatic rings. The van der Waals surface area contributed by atoms with Crippen molar-refractivity contribution in [1.82, 2.24) is 0 Å². The van der Waals surface area contributed by atoms with E-state index in [4.69, 9.17) is 11.0 Å². The third-order valence-corrected chi connectivity index (χ3v) is 2.62. The Hall–Kier alpha value is -2.54. The predicted molar refractivity (Wildman–Crippen MR) is 70.0 cm³/mol. The minimum atomic E-state index is -0.236. The van der Waals surface area contributed by atoms with Crippen molar-refractivity contribution < 1.29 is 4.39 Å². The van der Waals surface area contributed by atoms with Crippen LogP contribution in [0.1, 0.15) is 11.1 Å². The number of hydrogen-bond donors (Lipinski definition) is 2. The number of anilines is 3. The van der Waals surface area contributed by atoms with E-state index in [1.165, 1.54) is 6.07 Å². The Kier molecular flexibility index (Phi) is 3.16. The van der Waals surface area contributed by atoms with Gasteiger partial charge in [-0.2, -0.15) is 5.26 Å². The topological polar surface area (TPSA) is 61.8 Å². The van der Waals surface area contributed by atoms with Crippen LogP contribution in [0.2, 0.25) is 0 Å². The second-order valence-electron chi connectivity index (χ2n) is 4.00. The maximum Gasteiger partial charge on any atom is 0.126 e. The van der Waals surface area contributed by atoms with Gasteiger partial charge in [-0.05, 0) is 48.9 Å². The highest BCUT2D eigenvalue weighted by Crippen LogP contribution is 2.22. The van der Waals surface area contributed by atoms with Gasteiger partial charge in [0.2, 0.25) is 0 Å². The Morgan fingerprint density at radius 2 is 1.83 bits per heavy atom. The number of nitrogens with zero attached hydrogens (tertiary/aromatic N) is 1. The highest BCUT2D eigenvalue weighted by Gasteiger charge is 2.02. The largest absolute Gasteiger partial charge is 0.398 e. The first kappa shape index (κ1) is 11.9. The summed E-state index contributed by atoms with van der Waals surface area (Å²) in [5.41, 5.74) is 8.68. The lowest BCUT2D eigenvalue weighted by atomic mass is 10.1. The van der Waals surface area contributed by atoms with Gasteiger partial charge in [0.25, 0.3) is 0 Å². The van der Waals surface area contributed by atoms with Crippen molar-refractivity contribution in [2.24, 2.45) is 0 Å². The van der Waals surface area contributed by atoms with Gasteiger partial charge in [-0.1, -0.05) is 0 Å². The van der Waals surface area contributed by atoms with Crippen LogP contribution in [0.4, 0.5) is 21.5 Å². The van der Waals surface area contributed by atoms with E-state index in [-0.39, 0.29) is 5.82 Å². The molecule has 0 aromatic heterocycles. The molecule has 0 radical (unpaired) electrons. The van der Waals surface area contributed by atoms with Gasteiger partial charge in [0.15, 0.2) is 0 Å². The number of rotatable bonds is 2. The minimum absolute atomic E-state index is 0.236. The molecule has 0 spiro atoms. The maximum atomic E-state index is 13.1. The Balaban J connectivity index is 2.26. The molecule has 3 N–H and O–H groups in total. The molecule has 0 bridgehead atoms. The molecule has 0 aliphatic carbocycles. The van der Waals surface area contributed by atoms with E-state index in [1.807, 2.05) is 6.07 Å². The van der Waals surface area contributed by atoms with E-state index in [0.29, 0.717) is 16.8 Å². The molecule has 0 heterocycles. The predicted octanol–water partition coefficient (Wildman–Crippen LogP) is 3.33. The van der Waals surface area contributed by atoms with Gasteiger partial charge in [0.1, 0.15) is 11.9 Å². The maximum absolute atomic E-state index is 13.1. The number of nitrogen functional groups attached to an aromatic ring is 1. The van der Waals surface area contributed by atoms with E-state index in [9.17, 15) is 4.39 Å². The van der Waals surface area contributed by atoms with Crippen LogP contribution in [0.15, 0.2) is 36.4 Å². The lowest BCUT2D eigenvalue weighted by molar-refractivity contribution is 0.619. The summed E-state index contributed by atoms with van der Waals surface area (Å²) in [4.78, 5) is 0. The molecule has 0 saturated heterocycles. The second-order valence-corrected chi connectivity index (χ2v) is 4.00. The number of aryl methyl sites for hydroxylation is 1. The summed E-state index contributed by atoms with van der Waals surface area (Å²) in [6.07, 6.45) is 0. The van der Waals surface area contributed by atoms with Crippen LogP contribution in [0.3, 0.4) is 0 Å². The molecule has 3 nitrogen and oxygen atoms in total. The number of nitrogens with two attached hydrogens (primary N) is 1. The number of halogens is 1. The average Bonchev–Trinajstić information content (AvgIpc) is 2.34. The molecule has 0 unspecified atom stereocenters. The van der Waals surface area contributed by atoms with Gasteiger partial charge in [-0.3, -0.25) is 0 Å². The SMILES string of the molecule is Cc1cc(Nc2ccc(C#N)c(N)c2)ccc1F. The van der Waals surface area contributed by atoms with Crippen molar-refractivity contribution in [1.29, 1.82) is 5.26 Å². The van der Waals surface area contributed by atoms with E-state index >= 15 is 0 Å². The van der Waals surface area contributed by atoms with Crippen LogP contribution in [0.5, 0.6) is 0 Å². The molecule has 0 fully saturated rings. The number of benzene rings is 2. The monoisotopic (exact) mass is 241 g/mol. The van der Waals surface area contributed by atoms with Gasteiger partial charge in [-0.25, -0.2) is 4.39 Å². The van der Waals surface area contributed by atoms with Crippen LogP contribution in [0.25, 0.3) is 0 Å². The summed E-state index contributed by atoms with van der Waals surface area (Å²) < 4.78 is 13.1. The van der Waals surface area contributed by atoms with Crippen LogP contribution in [-0.2, 0) is 0 Å². The van der Waals surface area contributed by atoms with Gasteiger partial charge in [0.05, 0.1) is 11.3 Å². The second kappa shape index (κ2) is 4.76. The molecule has 0 atom stereocenters. The molecule has 2 aromatic carbocycles. The Labute approximate surface area is 105 Å². The van der Waals surface area contributed by atoms with Crippen LogP contribution in [0, 0.1) is 24.1 Å². The van der Waals surface area contributed by atoms with Crippen LogP contribution >= 0.6 is 0 Å². The molecule has 0 saturated carbocycles. The van der Waals surface area contributed by atoms with Gasteiger partial charge in [0, 0.05) is 11.4 Å². The third kappa shape index (κ3) is 2.41. The molecular weight excluding hydrogens is 229 g/mol. The highest BCUT2D eigenvalue weighted by atomic mass is 19.1. The van der Waals surface area contributed by atoms with E-state index in [1.54, 1.807) is 37.3 Å². The molecule has 90 valence electrons. The van der Waals surface area contributed by atoms with Crippen molar-refractivity contribution in [3.63, 3.8) is 0 Å². The lowest BCUT2D eigenvalue weighted by Gasteiger charge is -2.09. The molecule has 0 aliphatic heterocycles. The molecule has 18 heavy (non-hydrogen) atoms. The fraction of sp³-hybridized carbons (Fsp3) is 0.0714. The van der Waals surface area contributed by atoms with E-state index in [0.717, 1.165) is 11.4 Å². The molecule has 0 amide bonds. The van der Waals surface area contributed by atoms with Gasteiger partial charge >= 0.3 is 0 Å². The number of hydrogen-bond acceptors (Lipinski definition) is 3. The van der Waals surface area contributed by atoms with Crippen molar-refractivity contribution >= 4 is 17.1 Å². The number of nitrogens with one attached hydrogen (secondary N) is 1. The fourth-order valence-electron chi connectivity index (χ4n) is 1.63. The van der Waals surface area contributed by atoms with Crippen molar-refractivity contribution in [3.8, 4) is 6.07 Å². The molecule has 2 rings (SSSR count). The zero-order chi connectivity index (χ0) is 13.1. The quantitative estimate of drug-likeness (QED) is 0.793. The normalized spacial score (nSPS) is 9.83. The fourth-order valence-corrected chi connectivity index (χ4v) is 1.63. The van der Waals surface area contributed by atoms with Crippen LogP contribution < -0.4 is 11.1 Å². The summed E-state index contributed by atoms with van der Waals surface area (Å²) in [5, 5.41) is 11.9. The summed E-state index contributed by atoms with van der Waals surface area (Å²) in [6.45, 7) is 1.70. The molecule has 4 heteroatoms. The number of nitriles is 1. The summed E-state index contributed by atoms with van der Waals surface area (Å²) in [6, 6.07) is 11.9. The van der Waals surface area contributed by atoms with E-state index < -0.39 is 0 Å². The van der Waals surface area contributed by atoms with Crippen molar-refractivity contribution in [2.45, 2.75) is 6.92 Å². The van der Waals surface area contributed by atoms with Crippen molar-refractivity contribution in [3.05, 3.63) is 53.3 Å². The first-order valence-corrected chi connectivity index (χ1v) is 5.43. The lowest BCUT2D eigenvalue weighted by Crippen LogP contribution is -1.95. The first-order chi connectivity index (χ1) is 8.60. The zero-order valence-corrected chi connectivity index (χ0v) is 9.87. The Morgan fingerprint density at radius 3 is 2.44 bits per heavy atom. The first-order valence-electron chi connectivity index (χ1n) is 5.43. The van der Waals surface area contributed by atoms with Crippen molar-refractivity contribution in [2.75, 3.05) is 11.1 Å². The third-order valence-electron chi connectivity index (χ3n) is 2.62. The Morgan fingerprint density at radius 1 is 1.17 bits per heavy atom. The highest BCUT2D eigenvalue weighted by molar-refractivity contribution is 5.67. The standard InChI is InChI=1S/C14H12FN3/c1-9-6-11(4-5-13(9)15)18-12-3-2-10(8-16)14(17)7-12/h2-7,18H,17H2,1H3. The summed E-state index contributed by atoms with van der Waals surface area (Å²) in [7, 11) is 0. The Bertz CT molecular complexity index is 629. The molecular formula is C14H12FN3. The minimum Gasteiger partial charge on any atom is -0.398 e. The zero-order valence-electron chi connectivity index (χ0n) is 9.87. The van der Waals surface area contributed by atoms with Gasteiger partial charge < -0.3 is 11.1 Å². The van der Waals surface area contributed by atoms with Crippen LogP contribution in [-0.4, -0.2) is 0 Å². The molecule has 0 aliphatic rings. The average molecular weight is 241 g/mol. The summed E-state index contributed by atoms with van der Waals surface area (Å²) >= 11 is 0. The summed E-state index contributed by atoms with van der Waals surface area (Å²) in [5.74, 6) is -0.236. The van der Waals surface area contributed by atoms with E-state index in [2.05, 4.69) is 5.32 Å². The van der Waals surface area contributed by atoms with Gasteiger partial charge in [-0.15, -0.1) is 0 Å².